The van der Waals surface area contributed by atoms with Gasteiger partial charge >= 0.3 is 0 Å². The van der Waals surface area contributed by atoms with Crippen molar-refractivity contribution in [3.8, 4) is 0 Å². The molecule has 28 heavy (non-hydrogen) atoms. The number of amides is 1. The third-order valence-electron chi connectivity index (χ3n) is 4.86. The first-order valence-electron chi connectivity index (χ1n) is 9.15. The Hall–Kier alpha value is -2.41. The summed E-state index contributed by atoms with van der Waals surface area (Å²) in [4.78, 5) is 19.7. The number of carbonyl (C=O) groups excluding carboxylic acids is 1. The van der Waals surface area contributed by atoms with Crippen molar-refractivity contribution in [1.29, 1.82) is 0 Å². The number of halogens is 1. The molecule has 1 amide bonds. The Labute approximate surface area is 170 Å². The van der Waals surface area contributed by atoms with Crippen LogP contribution in [0.25, 0.3) is 21.2 Å². The molecule has 4 aromatic rings. The number of para-hydroxylation sites is 1. The standard InChI is InChI=1S/C21H17ClN2O3S/c22-14-7-8-16-19(11-14)28-21(23-16)24(12-15-5-3-9-26-15)20(25)18-10-13-4-1-2-6-17(13)27-18/h1-2,4,6-8,10-11,15H,3,5,9,12H2/t15-/m0/s1. The number of thiazole rings is 1. The highest BCUT2D eigenvalue weighted by molar-refractivity contribution is 7.22. The summed E-state index contributed by atoms with van der Waals surface area (Å²) in [6.07, 6.45) is 1.94. The quantitative estimate of drug-likeness (QED) is 0.442. The zero-order valence-corrected chi connectivity index (χ0v) is 16.5. The van der Waals surface area contributed by atoms with Gasteiger partial charge in [-0.2, -0.15) is 0 Å². The number of rotatable bonds is 4. The maximum Gasteiger partial charge on any atom is 0.295 e. The van der Waals surface area contributed by atoms with Crippen LogP contribution in [0.5, 0.6) is 0 Å². The Kier molecular flexibility index (Phi) is 4.55. The molecule has 0 N–H and O–H groups in total. The first kappa shape index (κ1) is 17.7. The Morgan fingerprint density at radius 2 is 2.14 bits per heavy atom. The first-order valence-corrected chi connectivity index (χ1v) is 10.3. The van der Waals surface area contributed by atoms with E-state index in [1.165, 1.54) is 11.3 Å². The van der Waals surface area contributed by atoms with E-state index in [0.29, 0.717) is 28.0 Å². The van der Waals surface area contributed by atoms with Gasteiger partial charge in [0.05, 0.1) is 22.9 Å². The molecule has 1 aliphatic rings. The molecule has 0 radical (unpaired) electrons. The van der Waals surface area contributed by atoms with E-state index < -0.39 is 0 Å². The third kappa shape index (κ3) is 3.28. The number of anilines is 1. The minimum absolute atomic E-state index is 0.00364. The fourth-order valence-electron chi connectivity index (χ4n) is 3.46. The van der Waals surface area contributed by atoms with E-state index in [-0.39, 0.29) is 12.0 Å². The summed E-state index contributed by atoms with van der Waals surface area (Å²) in [7, 11) is 0. The molecule has 142 valence electrons. The molecule has 2 aromatic carbocycles. The molecule has 1 atom stereocenters. The first-order chi connectivity index (χ1) is 13.7. The Bertz CT molecular complexity index is 1130. The van der Waals surface area contributed by atoms with Crippen molar-refractivity contribution in [2.45, 2.75) is 18.9 Å². The number of furan rings is 1. The number of nitrogens with zero attached hydrogens (tertiary/aromatic N) is 2. The van der Waals surface area contributed by atoms with Gasteiger partial charge in [-0.3, -0.25) is 9.69 Å². The summed E-state index contributed by atoms with van der Waals surface area (Å²) in [6.45, 7) is 1.18. The molecule has 1 fully saturated rings. The number of hydrogen-bond donors (Lipinski definition) is 0. The molecular weight excluding hydrogens is 396 g/mol. The lowest BCUT2D eigenvalue weighted by atomic mass is 10.2. The number of fused-ring (bicyclic) bond motifs is 2. The van der Waals surface area contributed by atoms with Crippen molar-refractivity contribution < 1.29 is 13.9 Å². The lowest BCUT2D eigenvalue weighted by Crippen LogP contribution is -2.37. The fourth-order valence-corrected chi connectivity index (χ4v) is 4.71. The highest BCUT2D eigenvalue weighted by atomic mass is 35.5. The number of carbonyl (C=O) groups is 1. The Balaban J connectivity index is 1.55. The van der Waals surface area contributed by atoms with Crippen LogP contribution in [0, 0.1) is 0 Å². The van der Waals surface area contributed by atoms with Crippen LogP contribution in [0.1, 0.15) is 23.4 Å². The smallest absolute Gasteiger partial charge is 0.295 e. The van der Waals surface area contributed by atoms with Gasteiger partial charge in [-0.05, 0) is 43.2 Å². The number of hydrogen-bond acceptors (Lipinski definition) is 5. The summed E-state index contributed by atoms with van der Waals surface area (Å²) >= 11 is 7.56. The van der Waals surface area contributed by atoms with Crippen LogP contribution >= 0.6 is 22.9 Å². The predicted molar refractivity (Wildman–Crippen MR) is 111 cm³/mol. The normalized spacial score (nSPS) is 16.8. The minimum atomic E-state index is -0.211. The summed E-state index contributed by atoms with van der Waals surface area (Å²) in [5.74, 6) is 0.0911. The monoisotopic (exact) mass is 412 g/mol. The highest BCUT2D eigenvalue weighted by Gasteiger charge is 2.29. The molecule has 0 bridgehead atoms. The van der Waals surface area contributed by atoms with Crippen LogP contribution < -0.4 is 4.90 Å². The molecule has 0 unspecified atom stereocenters. The Morgan fingerprint density at radius 1 is 1.25 bits per heavy atom. The molecule has 0 saturated carbocycles. The fraction of sp³-hybridized carbons (Fsp3) is 0.238. The molecular formula is C21H17ClN2O3S. The van der Waals surface area contributed by atoms with Crippen molar-refractivity contribution in [3.05, 3.63) is 59.3 Å². The second-order valence-electron chi connectivity index (χ2n) is 6.81. The highest BCUT2D eigenvalue weighted by Crippen LogP contribution is 2.33. The number of aromatic nitrogens is 1. The van der Waals surface area contributed by atoms with E-state index in [1.54, 1.807) is 17.0 Å². The van der Waals surface area contributed by atoms with Crippen LogP contribution in [-0.4, -0.2) is 30.1 Å². The maximum absolute atomic E-state index is 13.4. The van der Waals surface area contributed by atoms with Gasteiger partial charge in [-0.25, -0.2) is 4.98 Å². The van der Waals surface area contributed by atoms with E-state index in [2.05, 4.69) is 4.98 Å². The predicted octanol–water partition coefficient (Wildman–Crippen LogP) is 5.52. The van der Waals surface area contributed by atoms with E-state index in [1.807, 2.05) is 36.4 Å². The average molecular weight is 413 g/mol. The molecule has 5 rings (SSSR count). The van der Waals surface area contributed by atoms with E-state index in [0.717, 1.165) is 35.1 Å². The van der Waals surface area contributed by atoms with Gasteiger partial charge < -0.3 is 9.15 Å². The van der Waals surface area contributed by atoms with Gasteiger partial charge in [0, 0.05) is 17.0 Å². The van der Waals surface area contributed by atoms with Crippen molar-refractivity contribution in [3.63, 3.8) is 0 Å². The van der Waals surface area contributed by atoms with Gasteiger partial charge in [-0.15, -0.1) is 0 Å². The van der Waals surface area contributed by atoms with E-state index in [4.69, 9.17) is 20.8 Å². The van der Waals surface area contributed by atoms with Gasteiger partial charge in [0.2, 0.25) is 0 Å². The number of ether oxygens (including phenoxy) is 1. The van der Waals surface area contributed by atoms with Crippen LogP contribution in [0.4, 0.5) is 5.13 Å². The molecule has 0 spiro atoms. The van der Waals surface area contributed by atoms with Crippen LogP contribution in [0.3, 0.4) is 0 Å². The maximum atomic E-state index is 13.4. The molecule has 7 heteroatoms. The lowest BCUT2D eigenvalue weighted by molar-refractivity contribution is 0.0896. The van der Waals surface area contributed by atoms with Crippen molar-refractivity contribution >= 4 is 55.2 Å². The van der Waals surface area contributed by atoms with Gasteiger partial charge in [-0.1, -0.05) is 41.1 Å². The van der Waals surface area contributed by atoms with E-state index >= 15 is 0 Å². The van der Waals surface area contributed by atoms with Crippen molar-refractivity contribution in [2.75, 3.05) is 18.1 Å². The summed E-state index contributed by atoms with van der Waals surface area (Å²) in [5, 5.41) is 2.18. The largest absolute Gasteiger partial charge is 0.451 e. The molecule has 0 aliphatic carbocycles. The molecule has 1 saturated heterocycles. The minimum Gasteiger partial charge on any atom is -0.451 e. The average Bonchev–Trinajstić information content (AvgIpc) is 3.43. The molecule has 2 aromatic heterocycles. The zero-order chi connectivity index (χ0) is 19.1. The van der Waals surface area contributed by atoms with Gasteiger partial charge in [0.25, 0.3) is 5.91 Å². The summed E-state index contributed by atoms with van der Waals surface area (Å²) in [5.41, 5.74) is 1.51. The molecule has 5 nitrogen and oxygen atoms in total. The summed E-state index contributed by atoms with van der Waals surface area (Å²) in [6, 6.07) is 14.9. The molecule has 3 heterocycles. The Morgan fingerprint density at radius 3 is 2.96 bits per heavy atom. The van der Waals surface area contributed by atoms with Crippen LogP contribution in [-0.2, 0) is 4.74 Å². The number of benzene rings is 2. The van der Waals surface area contributed by atoms with Crippen LogP contribution in [0.2, 0.25) is 5.02 Å². The van der Waals surface area contributed by atoms with E-state index in [9.17, 15) is 4.79 Å². The SMILES string of the molecule is O=C(c1cc2ccccc2o1)N(C[C@@H]1CCCO1)c1nc2ccc(Cl)cc2s1. The zero-order valence-electron chi connectivity index (χ0n) is 14.9. The molecule has 1 aliphatic heterocycles. The third-order valence-corrected chi connectivity index (χ3v) is 6.14. The van der Waals surface area contributed by atoms with Gasteiger partial charge in [0.1, 0.15) is 5.58 Å². The second kappa shape index (κ2) is 7.20. The lowest BCUT2D eigenvalue weighted by Gasteiger charge is -2.22. The topological polar surface area (TPSA) is 55.6 Å². The van der Waals surface area contributed by atoms with Crippen LogP contribution in [0.15, 0.2) is 52.9 Å². The van der Waals surface area contributed by atoms with Crippen molar-refractivity contribution in [2.24, 2.45) is 0 Å². The van der Waals surface area contributed by atoms with Crippen molar-refractivity contribution in [1.82, 2.24) is 4.98 Å². The second-order valence-corrected chi connectivity index (χ2v) is 8.25. The van der Waals surface area contributed by atoms with Gasteiger partial charge in [0.15, 0.2) is 10.9 Å². The summed E-state index contributed by atoms with van der Waals surface area (Å²) < 4.78 is 12.5.